The Hall–Kier alpha value is -0.0900. The molecule has 0 saturated carbocycles. The fourth-order valence-electron chi connectivity index (χ4n) is 2.00. The standard InChI is InChI=1S/C13H29NO2S/c1-6-17(15,16)11-9-7-8-10-12(14-5)13(2,3)4/h12,14H,6-11H2,1-5H3. The first kappa shape index (κ1) is 16.9. The molecule has 1 atom stereocenters. The second-order valence-electron chi connectivity index (χ2n) is 5.79. The van der Waals surface area contributed by atoms with Crippen LogP contribution in [0.25, 0.3) is 0 Å². The van der Waals surface area contributed by atoms with Crippen LogP contribution in [0.15, 0.2) is 0 Å². The van der Waals surface area contributed by atoms with E-state index in [1.807, 2.05) is 7.05 Å². The number of hydrogen-bond acceptors (Lipinski definition) is 3. The summed E-state index contributed by atoms with van der Waals surface area (Å²) in [5.41, 5.74) is 0.268. The van der Waals surface area contributed by atoms with Crippen molar-refractivity contribution >= 4 is 9.84 Å². The molecule has 0 aliphatic carbocycles. The summed E-state index contributed by atoms with van der Waals surface area (Å²) in [5, 5.41) is 3.34. The third kappa shape index (κ3) is 7.77. The van der Waals surface area contributed by atoms with Gasteiger partial charge in [0, 0.05) is 11.8 Å². The van der Waals surface area contributed by atoms with E-state index in [2.05, 4.69) is 26.1 Å². The van der Waals surface area contributed by atoms with Gasteiger partial charge < -0.3 is 5.32 Å². The molecule has 0 spiro atoms. The minimum Gasteiger partial charge on any atom is -0.316 e. The van der Waals surface area contributed by atoms with E-state index in [0.717, 1.165) is 25.7 Å². The maximum absolute atomic E-state index is 11.3. The number of nitrogens with one attached hydrogen (secondary N) is 1. The van der Waals surface area contributed by atoms with Crippen LogP contribution < -0.4 is 5.32 Å². The fraction of sp³-hybridized carbons (Fsp3) is 1.00. The Bertz CT molecular complexity index is 291. The molecular weight excluding hydrogens is 234 g/mol. The van der Waals surface area contributed by atoms with E-state index in [-0.39, 0.29) is 11.2 Å². The average molecular weight is 263 g/mol. The Kier molecular flexibility index (Phi) is 7.33. The van der Waals surface area contributed by atoms with Gasteiger partial charge in [0.1, 0.15) is 9.84 Å². The van der Waals surface area contributed by atoms with Gasteiger partial charge in [-0.25, -0.2) is 8.42 Å². The van der Waals surface area contributed by atoms with Crippen LogP contribution >= 0.6 is 0 Å². The second-order valence-corrected chi connectivity index (χ2v) is 8.27. The molecule has 17 heavy (non-hydrogen) atoms. The third-order valence-corrected chi connectivity index (χ3v) is 5.07. The summed E-state index contributed by atoms with van der Waals surface area (Å²) in [6.07, 6.45) is 4.03. The number of rotatable bonds is 8. The van der Waals surface area contributed by atoms with E-state index >= 15 is 0 Å². The van der Waals surface area contributed by atoms with Crippen molar-refractivity contribution in [3.63, 3.8) is 0 Å². The van der Waals surface area contributed by atoms with Crippen molar-refractivity contribution in [2.24, 2.45) is 5.41 Å². The van der Waals surface area contributed by atoms with Crippen molar-refractivity contribution in [1.29, 1.82) is 0 Å². The van der Waals surface area contributed by atoms with Gasteiger partial charge in [0.15, 0.2) is 0 Å². The summed E-state index contributed by atoms with van der Waals surface area (Å²) in [4.78, 5) is 0. The van der Waals surface area contributed by atoms with E-state index in [4.69, 9.17) is 0 Å². The van der Waals surface area contributed by atoms with Gasteiger partial charge in [-0.3, -0.25) is 0 Å². The zero-order chi connectivity index (χ0) is 13.5. The lowest BCUT2D eigenvalue weighted by Crippen LogP contribution is -2.37. The molecule has 3 nitrogen and oxygen atoms in total. The molecule has 0 aliphatic rings. The molecule has 0 saturated heterocycles. The summed E-state index contributed by atoms with van der Waals surface area (Å²) in [7, 11) is -0.772. The van der Waals surface area contributed by atoms with Crippen molar-refractivity contribution in [2.45, 2.75) is 59.4 Å². The Morgan fingerprint density at radius 3 is 2.12 bits per heavy atom. The van der Waals surface area contributed by atoms with E-state index in [9.17, 15) is 8.42 Å². The van der Waals surface area contributed by atoms with E-state index < -0.39 is 9.84 Å². The normalized spacial score (nSPS) is 14.9. The van der Waals surface area contributed by atoms with Crippen LogP contribution in [0, 0.1) is 5.41 Å². The number of unbranched alkanes of at least 4 members (excludes halogenated alkanes) is 2. The van der Waals surface area contributed by atoms with Gasteiger partial charge in [-0.15, -0.1) is 0 Å². The predicted molar refractivity (Wildman–Crippen MR) is 75.1 cm³/mol. The molecule has 0 aromatic carbocycles. The van der Waals surface area contributed by atoms with E-state index in [1.165, 1.54) is 0 Å². The molecule has 0 radical (unpaired) electrons. The highest BCUT2D eigenvalue weighted by Gasteiger charge is 2.22. The van der Waals surface area contributed by atoms with Crippen LogP contribution in [-0.2, 0) is 9.84 Å². The van der Waals surface area contributed by atoms with Gasteiger partial charge in [0.05, 0.1) is 5.75 Å². The largest absolute Gasteiger partial charge is 0.316 e. The van der Waals surface area contributed by atoms with Crippen LogP contribution in [-0.4, -0.2) is 33.0 Å². The first-order chi connectivity index (χ1) is 7.73. The molecule has 0 rings (SSSR count). The predicted octanol–water partition coefficient (Wildman–Crippen LogP) is 2.62. The van der Waals surface area contributed by atoms with Gasteiger partial charge in [-0.2, -0.15) is 0 Å². The first-order valence-corrected chi connectivity index (χ1v) is 8.42. The van der Waals surface area contributed by atoms with Crippen LogP contribution in [0.5, 0.6) is 0 Å². The summed E-state index contributed by atoms with van der Waals surface area (Å²) in [6.45, 7) is 8.41. The molecule has 1 N–H and O–H groups in total. The van der Waals surface area contributed by atoms with E-state index in [0.29, 0.717) is 11.8 Å². The lowest BCUT2D eigenvalue weighted by molar-refractivity contribution is 0.262. The lowest BCUT2D eigenvalue weighted by atomic mass is 9.84. The zero-order valence-corrected chi connectivity index (χ0v) is 12.9. The topological polar surface area (TPSA) is 46.2 Å². The van der Waals surface area contributed by atoms with Crippen LogP contribution in [0.3, 0.4) is 0 Å². The van der Waals surface area contributed by atoms with Crippen molar-refractivity contribution < 1.29 is 8.42 Å². The number of hydrogen-bond donors (Lipinski definition) is 1. The van der Waals surface area contributed by atoms with Gasteiger partial charge in [0.2, 0.25) is 0 Å². The molecule has 0 amide bonds. The molecule has 0 aromatic heterocycles. The molecule has 0 fully saturated rings. The summed E-state index contributed by atoms with van der Waals surface area (Å²) in [6, 6.07) is 0.505. The van der Waals surface area contributed by atoms with Crippen molar-refractivity contribution in [1.82, 2.24) is 5.32 Å². The molecular formula is C13H29NO2S. The fourth-order valence-corrected chi connectivity index (χ4v) is 2.93. The average Bonchev–Trinajstić information content (AvgIpc) is 2.21. The molecule has 4 heteroatoms. The SMILES string of the molecule is CCS(=O)(=O)CCCCCC(NC)C(C)(C)C. The Balaban J connectivity index is 3.78. The number of sulfone groups is 1. The van der Waals surface area contributed by atoms with Gasteiger partial charge in [-0.05, 0) is 25.3 Å². The second kappa shape index (κ2) is 7.37. The highest BCUT2D eigenvalue weighted by atomic mass is 32.2. The maximum Gasteiger partial charge on any atom is 0.150 e. The molecule has 1 unspecified atom stereocenters. The van der Waals surface area contributed by atoms with Crippen molar-refractivity contribution in [3.05, 3.63) is 0 Å². The van der Waals surface area contributed by atoms with Crippen molar-refractivity contribution in [2.75, 3.05) is 18.6 Å². The summed E-state index contributed by atoms with van der Waals surface area (Å²) < 4.78 is 22.6. The highest BCUT2D eigenvalue weighted by Crippen LogP contribution is 2.23. The van der Waals surface area contributed by atoms with Crippen molar-refractivity contribution in [3.8, 4) is 0 Å². The third-order valence-electron chi connectivity index (χ3n) is 3.28. The van der Waals surface area contributed by atoms with Crippen LogP contribution in [0.1, 0.15) is 53.4 Å². The quantitative estimate of drug-likeness (QED) is 0.685. The minimum atomic E-state index is -2.77. The molecule has 0 heterocycles. The summed E-state index contributed by atoms with van der Waals surface area (Å²) >= 11 is 0. The zero-order valence-electron chi connectivity index (χ0n) is 12.0. The van der Waals surface area contributed by atoms with Gasteiger partial charge >= 0.3 is 0 Å². The minimum absolute atomic E-state index is 0.268. The van der Waals surface area contributed by atoms with Crippen LogP contribution in [0.2, 0.25) is 0 Å². The van der Waals surface area contributed by atoms with Gasteiger partial charge in [-0.1, -0.05) is 40.5 Å². The first-order valence-electron chi connectivity index (χ1n) is 6.60. The van der Waals surface area contributed by atoms with E-state index in [1.54, 1.807) is 6.92 Å². The molecule has 0 aromatic rings. The summed E-state index contributed by atoms with van der Waals surface area (Å²) in [5.74, 6) is 0.622. The molecule has 0 bridgehead atoms. The van der Waals surface area contributed by atoms with Gasteiger partial charge in [0.25, 0.3) is 0 Å². The molecule has 104 valence electrons. The Morgan fingerprint density at radius 1 is 1.12 bits per heavy atom. The molecule has 0 aliphatic heterocycles. The Morgan fingerprint density at radius 2 is 1.71 bits per heavy atom. The Labute approximate surface area is 107 Å². The smallest absolute Gasteiger partial charge is 0.150 e. The lowest BCUT2D eigenvalue weighted by Gasteiger charge is -2.30. The maximum atomic E-state index is 11.3. The van der Waals surface area contributed by atoms with Crippen LogP contribution in [0.4, 0.5) is 0 Å². The highest BCUT2D eigenvalue weighted by molar-refractivity contribution is 7.91. The monoisotopic (exact) mass is 263 g/mol.